The van der Waals surface area contributed by atoms with E-state index >= 15 is 0 Å². The van der Waals surface area contributed by atoms with Crippen molar-refractivity contribution in [2.45, 2.75) is 27.2 Å². The number of rotatable bonds is 3. The molecule has 4 heteroatoms. The zero-order chi connectivity index (χ0) is 14.0. The van der Waals surface area contributed by atoms with E-state index in [-0.39, 0.29) is 5.82 Å². The first-order valence-electron chi connectivity index (χ1n) is 6.33. The zero-order valence-corrected chi connectivity index (χ0v) is 11.5. The lowest BCUT2D eigenvalue weighted by molar-refractivity contribution is 0.618. The minimum Gasteiger partial charge on any atom is -0.330 e. The van der Waals surface area contributed by atoms with E-state index in [0.717, 1.165) is 28.9 Å². The third-order valence-electron chi connectivity index (χ3n) is 3.23. The maximum Gasteiger partial charge on any atom is 0.159 e. The third-order valence-corrected chi connectivity index (χ3v) is 3.23. The number of benzene rings is 1. The van der Waals surface area contributed by atoms with Crippen LogP contribution in [0, 0.1) is 26.6 Å². The van der Waals surface area contributed by atoms with Crippen LogP contribution in [0.2, 0.25) is 0 Å². The van der Waals surface area contributed by atoms with Crippen LogP contribution in [-0.4, -0.2) is 16.5 Å². The SMILES string of the molecule is Cc1cc(-c2nc(C)c(CCN)c(C)n2)ccc1F. The molecule has 0 atom stereocenters. The molecule has 0 radical (unpaired) electrons. The molecule has 1 aromatic heterocycles. The summed E-state index contributed by atoms with van der Waals surface area (Å²) in [5.41, 5.74) is 10.0. The van der Waals surface area contributed by atoms with E-state index in [1.54, 1.807) is 19.1 Å². The number of hydrogen-bond donors (Lipinski definition) is 1. The second-order valence-electron chi connectivity index (χ2n) is 4.70. The van der Waals surface area contributed by atoms with Crippen molar-refractivity contribution in [1.82, 2.24) is 9.97 Å². The van der Waals surface area contributed by atoms with Gasteiger partial charge in [0.2, 0.25) is 0 Å². The summed E-state index contributed by atoms with van der Waals surface area (Å²) in [7, 11) is 0. The summed E-state index contributed by atoms with van der Waals surface area (Å²) in [6, 6.07) is 4.93. The highest BCUT2D eigenvalue weighted by atomic mass is 19.1. The minimum absolute atomic E-state index is 0.211. The highest BCUT2D eigenvalue weighted by Crippen LogP contribution is 2.21. The van der Waals surface area contributed by atoms with Gasteiger partial charge in [-0.15, -0.1) is 0 Å². The van der Waals surface area contributed by atoms with Gasteiger partial charge in [0.05, 0.1) is 0 Å². The van der Waals surface area contributed by atoms with Crippen LogP contribution in [0.4, 0.5) is 4.39 Å². The summed E-state index contributed by atoms with van der Waals surface area (Å²) in [5, 5.41) is 0. The Labute approximate surface area is 112 Å². The van der Waals surface area contributed by atoms with Gasteiger partial charge in [-0.05, 0) is 63.1 Å². The molecule has 19 heavy (non-hydrogen) atoms. The average molecular weight is 259 g/mol. The highest BCUT2D eigenvalue weighted by molar-refractivity contribution is 5.57. The number of nitrogens with zero attached hydrogens (tertiary/aromatic N) is 2. The molecule has 2 rings (SSSR count). The monoisotopic (exact) mass is 259 g/mol. The molecule has 0 saturated carbocycles. The molecular formula is C15H18FN3. The standard InChI is InChI=1S/C15H18FN3/c1-9-8-12(4-5-14(9)16)15-18-10(2)13(6-7-17)11(3)19-15/h4-5,8H,6-7,17H2,1-3H3. The van der Waals surface area contributed by atoms with Crippen molar-refractivity contribution >= 4 is 0 Å². The van der Waals surface area contributed by atoms with Crippen LogP contribution in [0.15, 0.2) is 18.2 Å². The third kappa shape index (κ3) is 2.79. The second-order valence-corrected chi connectivity index (χ2v) is 4.70. The zero-order valence-electron chi connectivity index (χ0n) is 11.5. The molecule has 0 aliphatic rings. The van der Waals surface area contributed by atoms with Gasteiger partial charge < -0.3 is 5.73 Å². The molecule has 0 spiro atoms. The summed E-state index contributed by atoms with van der Waals surface area (Å²) >= 11 is 0. The van der Waals surface area contributed by atoms with E-state index < -0.39 is 0 Å². The molecule has 0 aliphatic carbocycles. The maximum absolute atomic E-state index is 13.3. The van der Waals surface area contributed by atoms with Crippen LogP contribution < -0.4 is 5.73 Å². The van der Waals surface area contributed by atoms with Crippen molar-refractivity contribution in [3.05, 3.63) is 46.5 Å². The van der Waals surface area contributed by atoms with Crippen LogP contribution >= 0.6 is 0 Å². The molecule has 3 nitrogen and oxygen atoms in total. The second kappa shape index (κ2) is 5.45. The quantitative estimate of drug-likeness (QED) is 0.922. The Bertz CT molecular complexity index is 585. The Morgan fingerprint density at radius 2 is 1.74 bits per heavy atom. The molecule has 0 bridgehead atoms. The van der Waals surface area contributed by atoms with Gasteiger partial charge in [-0.1, -0.05) is 0 Å². The molecule has 2 aromatic rings. The molecular weight excluding hydrogens is 241 g/mol. The molecule has 1 heterocycles. The molecule has 0 aliphatic heterocycles. The van der Waals surface area contributed by atoms with Crippen molar-refractivity contribution in [1.29, 1.82) is 0 Å². The van der Waals surface area contributed by atoms with Crippen molar-refractivity contribution in [3.63, 3.8) is 0 Å². The topological polar surface area (TPSA) is 51.8 Å². The van der Waals surface area contributed by atoms with E-state index in [2.05, 4.69) is 9.97 Å². The normalized spacial score (nSPS) is 10.8. The fraction of sp³-hybridized carbons (Fsp3) is 0.333. The predicted molar refractivity (Wildman–Crippen MR) is 74.4 cm³/mol. The van der Waals surface area contributed by atoms with Gasteiger partial charge in [0.1, 0.15) is 5.82 Å². The summed E-state index contributed by atoms with van der Waals surface area (Å²) in [4.78, 5) is 9.01. The van der Waals surface area contributed by atoms with Crippen LogP contribution in [0.3, 0.4) is 0 Å². The highest BCUT2D eigenvalue weighted by Gasteiger charge is 2.10. The van der Waals surface area contributed by atoms with E-state index in [1.807, 2.05) is 13.8 Å². The molecule has 0 saturated heterocycles. The smallest absolute Gasteiger partial charge is 0.159 e. The van der Waals surface area contributed by atoms with Crippen molar-refractivity contribution in [3.8, 4) is 11.4 Å². The van der Waals surface area contributed by atoms with Gasteiger partial charge in [0.25, 0.3) is 0 Å². The number of aromatic nitrogens is 2. The summed E-state index contributed by atoms with van der Waals surface area (Å²) in [5.74, 6) is 0.427. The van der Waals surface area contributed by atoms with E-state index in [0.29, 0.717) is 17.9 Å². The Morgan fingerprint density at radius 3 is 2.26 bits per heavy atom. The number of nitrogens with two attached hydrogens (primary N) is 1. The molecule has 100 valence electrons. The minimum atomic E-state index is -0.211. The Morgan fingerprint density at radius 1 is 1.11 bits per heavy atom. The number of halogens is 1. The van der Waals surface area contributed by atoms with Gasteiger partial charge in [0, 0.05) is 17.0 Å². The van der Waals surface area contributed by atoms with Gasteiger partial charge in [0.15, 0.2) is 5.82 Å². The van der Waals surface area contributed by atoms with Gasteiger partial charge in [-0.3, -0.25) is 0 Å². The van der Waals surface area contributed by atoms with Crippen molar-refractivity contribution < 1.29 is 4.39 Å². The van der Waals surface area contributed by atoms with Crippen LogP contribution in [0.25, 0.3) is 11.4 Å². The first-order chi connectivity index (χ1) is 9.02. The van der Waals surface area contributed by atoms with Gasteiger partial charge >= 0.3 is 0 Å². The number of hydrogen-bond acceptors (Lipinski definition) is 3. The fourth-order valence-corrected chi connectivity index (χ4v) is 2.16. The van der Waals surface area contributed by atoms with Crippen LogP contribution in [0.5, 0.6) is 0 Å². The molecule has 0 amide bonds. The van der Waals surface area contributed by atoms with Crippen molar-refractivity contribution in [2.75, 3.05) is 6.54 Å². The first-order valence-corrected chi connectivity index (χ1v) is 6.33. The lowest BCUT2D eigenvalue weighted by atomic mass is 10.1. The van der Waals surface area contributed by atoms with Crippen molar-refractivity contribution in [2.24, 2.45) is 5.73 Å². The predicted octanol–water partition coefficient (Wildman–Crippen LogP) is 2.71. The Kier molecular flexibility index (Phi) is 3.90. The Hall–Kier alpha value is -1.81. The maximum atomic E-state index is 13.3. The van der Waals surface area contributed by atoms with Crippen LogP contribution in [0.1, 0.15) is 22.5 Å². The van der Waals surface area contributed by atoms with Crippen LogP contribution in [-0.2, 0) is 6.42 Å². The summed E-state index contributed by atoms with van der Waals surface area (Å²) in [6.07, 6.45) is 0.778. The summed E-state index contributed by atoms with van der Waals surface area (Å²) < 4.78 is 13.3. The van der Waals surface area contributed by atoms with Gasteiger partial charge in [-0.25, -0.2) is 14.4 Å². The lowest BCUT2D eigenvalue weighted by Gasteiger charge is -2.10. The first kappa shape index (κ1) is 13.6. The van der Waals surface area contributed by atoms with Gasteiger partial charge in [-0.2, -0.15) is 0 Å². The molecule has 0 fully saturated rings. The largest absolute Gasteiger partial charge is 0.330 e. The molecule has 1 aromatic carbocycles. The molecule has 0 unspecified atom stereocenters. The van der Waals surface area contributed by atoms with E-state index in [4.69, 9.17) is 5.73 Å². The molecule has 2 N–H and O–H groups in total. The fourth-order valence-electron chi connectivity index (χ4n) is 2.16. The van der Waals surface area contributed by atoms with E-state index in [9.17, 15) is 4.39 Å². The van der Waals surface area contributed by atoms with E-state index in [1.165, 1.54) is 6.07 Å². The average Bonchev–Trinajstić information content (AvgIpc) is 2.37. The Balaban J connectivity index is 2.48. The summed E-state index contributed by atoms with van der Waals surface area (Å²) in [6.45, 7) is 6.24. The number of aryl methyl sites for hydroxylation is 3. The lowest BCUT2D eigenvalue weighted by Crippen LogP contribution is -2.09.